The van der Waals surface area contributed by atoms with E-state index in [0.717, 1.165) is 36.0 Å². The second kappa shape index (κ2) is 9.22. The number of halogens is 1. The number of thiazole rings is 1. The molecule has 1 aliphatic heterocycles. The number of aromatic nitrogens is 1. The van der Waals surface area contributed by atoms with Crippen LogP contribution < -0.4 is 16.0 Å². The van der Waals surface area contributed by atoms with Crippen molar-refractivity contribution in [1.29, 1.82) is 0 Å². The van der Waals surface area contributed by atoms with Gasteiger partial charge in [-0.05, 0) is 31.9 Å². The van der Waals surface area contributed by atoms with Crippen LogP contribution in [0.1, 0.15) is 24.1 Å². The molecule has 2 aromatic rings. The number of nitrogens with zero attached hydrogens (tertiary/aromatic N) is 3. The Morgan fingerprint density at radius 2 is 2.00 bits per heavy atom. The van der Waals surface area contributed by atoms with Crippen LogP contribution in [0.25, 0.3) is 0 Å². The largest absolute Gasteiger partial charge is 0.370 e. The molecule has 0 radical (unpaired) electrons. The molecule has 0 saturated carbocycles. The maximum Gasteiger partial charge on any atom is 0.193 e. The first-order valence-electron chi connectivity index (χ1n) is 8.04. The summed E-state index contributed by atoms with van der Waals surface area (Å²) in [5.41, 5.74) is 9.21. The molecule has 130 valence electrons. The standard InChI is InChI=1S/C17H23N5S.HI/c1-13-4-6-14(7-5-13)20-16(18)19-9-8-15-12-23-17(21-15)22-10-2-3-11-22;/h4-7,12H,2-3,8-11H2,1H3,(H3,18,19,20);1H. The van der Waals surface area contributed by atoms with Crippen LogP contribution in [0.2, 0.25) is 0 Å². The lowest BCUT2D eigenvalue weighted by Gasteiger charge is -2.12. The summed E-state index contributed by atoms with van der Waals surface area (Å²) in [6, 6.07) is 8.09. The number of guanidine groups is 1. The molecule has 0 bridgehead atoms. The number of anilines is 2. The predicted octanol–water partition coefficient (Wildman–Crippen LogP) is 3.64. The SMILES string of the molecule is Cc1ccc(NC(N)=NCCc2csc(N3CCCC3)n2)cc1.I. The molecule has 3 rings (SSSR count). The Morgan fingerprint density at radius 3 is 2.71 bits per heavy atom. The molecule has 7 heteroatoms. The average molecular weight is 457 g/mol. The molecule has 0 spiro atoms. The number of aryl methyl sites for hydroxylation is 1. The Balaban J connectivity index is 0.00000208. The monoisotopic (exact) mass is 457 g/mol. The first-order chi connectivity index (χ1) is 11.2. The minimum atomic E-state index is 0. The summed E-state index contributed by atoms with van der Waals surface area (Å²) >= 11 is 1.73. The molecule has 1 fully saturated rings. The van der Waals surface area contributed by atoms with Gasteiger partial charge in [0.15, 0.2) is 11.1 Å². The molecule has 5 nitrogen and oxygen atoms in total. The Kier molecular flexibility index (Phi) is 7.29. The Labute approximate surface area is 164 Å². The van der Waals surface area contributed by atoms with Crippen molar-refractivity contribution >= 4 is 52.1 Å². The summed E-state index contributed by atoms with van der Waals surface area (Å²) in [7, 11) is 0. The van der Waals surface area contributed by atoms with Gasteiger partial charge in [0.05, 0.1) is 5.69 Å². The van der Waals surface area contributed by atoms with E-state index in [0.29, 0.717) is 12.5 Å². The third-order valence-corrected chi connectivity index (χ3v) is 4.84. The molecule has 1 aromatic heterocycles. The van der Waals surface area contributed by atoms with Crippen LogP contribution in [-0.4, -0.2) is 30.6 Å². The third kappa shape index (κ3) is 5.34. The highest BCUT2D eigenvalue weighted by molar-refractivity contribution is 14.0. The van der Waals surface area contributed by atoms with Crippen molar-refractivity contribution in [2.24, 2.45) is 10.7 Å². The Hall–Kier alpha value is -1.35. The number of aliphatic imine (C=N–C) groups is 1. The summed E-state index contributed by atoms with van der Waals surface area (Å²) in [6.07, 6.45) is 3.38. The Morgan fingerprint density at radius 1 is 1.29 bits per heavy atom. The predicted molar refractivity (Wildman–Crippen MR) is 114 cm³/mol. The summed E-state index contributed by atoms with van der Waals surface area (Å²) in [4.78, 5) is 11.4. The van der Waals surface area contributed by atoms with Crippen molar-refractivity contribution in [3.05, 3.63) is 40.9 Å². The van der Waals surface area contributed by atoms with Gasteiger partial charge in [-0.15, -0.1) is 35.3 Å². The molecule has 1 saturated heterocycles. The number of benzene rings is 1. The molecule has 0 aliphatic carbocycles. The van der Waals surface area contributed by atoms with Crippen molar-refractivity contribution in [1.82, 2.24) is 4.98 Å². The lowest BCUT2D eigenvalue weighted by atomic mass is 10.2. The fraction of sp³-hybridized carbons (Fsp3) is 0.412. The summed E-state index contributed by atoms with van der Waals surface area (Å²) in [5, 5.41) is 6.38. The zero-order valence-corrected chi connectivity index (χ0v) is 17.0. The lowest BCUT2D eigenvalue weighted by Crippen LogP contribution is -2.23. The summed E-state index contributed by atoms with van der Waals surface area (Å²) in [5.74, 6) is 0.448. The molecule has 0 unspecified atom stereocenters. The number of rotatable bonds is 5. The average Bonchev–Trinajstić information content (AvgIpc) is 3.20. The zero-order chi connectivity index (χ0) is 16.1. The van der Waals surface area contributed by atoms with Crippen LogP contribution >= 0.6 is 35.3 Å². The van der Waals surface area contributed by atoms with Crippen LogP contribution in [0, 0.1) is 6.92 Å². The molecule has 1 aliphatic rings. The molecule has 1 aromatic carbocycles. The van der Waals surface area contributed by atoms with Crippen LogP contribution in [-0.2, 0) is 6.42 Å². The second-order valence-electron chi connectivity index (χ2n) is 5.82. The van der Waals surface area contributed by atoms with E-state index in [1.165, 1.54) is 18.4 Å². The fourth-order valence-corrected chi connectivity index (χ4v) is 3.49. The molecule has 3 N–H and O–H groups in total. The normalized spacial score (nSPS) is 14.5. The number of hydrogen-bond donors (Lipinski definition) is 2. The van der Waals surface area contributed by atoms with E-state index >= 15 is 0 Å². The van der Waals surface area contributed by atoms with Crippen LogP contribution in [0.4, 0.5) is 10.8 Å². The molecule has 24 heavy (non-hydrogen) atoms. The van der Waals surface area contributed by atoms with Gasteiger partial charge in [-0.2, -0.15) is 0 Å². The van der Waals surface area contributed by atoms with Crippen molar-refractivity contribution < 1.29 is 0 Å². The van der Waals surface area contributed by atoms with Crippen molar-refractivity contribution in [3.63, 3.8) is 0 Å². The van der Waals surface area contributed by atoms with E-state index < -0.39 is 0 Å². The molecule has 0 amide bonds. The minimum absolute atomic E-state index is 0. The molecule has 0 atom stereocenters. The van der Waals surface area contributed by atoms with E-state index in [9.17, 15) is 0 Å². The van der Waals surface area contributed by atoms with Gasteiger partial charge in [0.1, 0.15) is 0 Å². The van der Waals surface area contributed by atoms with E-state index in [1.54, 1.807) is 11.3 Å². The van der Waals surface area contributed by atoms with Crippen LogP contribution in [0.15, 0.2) is 34.6 Å². The highest BCUT2D eigenvalue weighted by atomic mass is 127. The second-order valence-corrected chi connectivity index (χ2v) is 6.66. The van der Waals surface area contributed by atoms with Gasteiger partial charge in [-0.1, -0.05) is 17.7 Å². The highest BCUT2D eigenvalue weighted by Gasteiger charge is 2.15. The fourth-order valence-electron chi connectivity index (χ4n) is 2.58. The maximum atomic E-state index is 5.93. The van der Waals surface area contributed by atoms with Gasteiger partial charge in [0.25, 0.3) is 0 Å². The van der Waals surface area contributed by atoms with E-state index in [4.69, 9.17) is 10.7 Å². The quantitative estimate of drug-likeness (QED) is 0.409. The summed E-state index contributed by atoms with van der Waals surface area (Å²) < 4.78 is 0. The topological polar surface area (TPSA) is 66.5 Å². The van der Waals surface area contributed by atoms with Gasteiger partial charge in [0.2, 0.25) is 0 Å². The van der Waals surface area contributed by atoms with Crippen molar-refractivity contribution in [3.8, 4) is 0 Å². The lowest BCUT2D eigenvalue weighted by molar-refractivity contribution is 0.907. The number of nitrogens with one attached hydrogen (secondary N) is 1. The first-order valence-corrected chi connectivity index (χ1v) is 8.91. The van der Waals surface area contributed by atoms with Crippen LogP contribution in [0.3, 0.4) is 0 Å². The number of nitrogens with two attached hydrogens (primary N) is 1. The van der Waals surface area contributed by atoms with Crippen LogP contribution in [0.5, 0.6) is 0 Å². The zero-order valence-electron chi connectivity index (χ0n) is 13.9. The van der Waals surface area contributed by atoms with E-state index in [2.05, 4.69) is 27.5 Å². The molecule has 2 heterocycles. The van der Waals surface area contributed by atoms with Gasteiger partial charge < -0.3 is 16.0 Å². The summed E-state index contributed by atoms with van der Waals surface area (Å²) in [6.45, 7) is 4.98. The van der Waals surface area contributed by atoms with Crippen molar-refractivity contribution in [2.75, 3.05) is 29.9 Å². The van der Waals surface area contributed by atoms with Gasteiger partial charge >= 0.3 is 0 Å². The number of hydrogen-bond acceptors (Lipinski definition) is 4. The van der Waals surface area contributed by atoms with Crippen molar-refractivity contribution in [2.45, 2.75) is 26.2 Å². The van der Waals surface area contributed by atoms with Gasteiger partial charge in [-0.3, -0.25) is 4.99 Å². The smallest absolute Gasteiger partial charge is 0.193 e. The third-order valence-electron chi connectivity index (χ3n) is 3.89. The maximum absolute atomic E-state index is 5.93. The highest BCUT2D eigenvalue weighted by Crippen LogP contribution is 2.24. The van der Waals surface area contributed by atoms with E-state index in [1.807, 2.05) is 24.3 Å². The first kappa shape index (κ1) is 19.0. The molecular weight excluding hydrogens is 433 g/mol. The van der Waals surface area contributed by atoms with E-state index in [-0.39, 0.29) is 24.0 Å². The van der Waals surface area contributed by atoms with Gasteiger partial charge in [0, 0.05) is 37.1 Å². The minimum Gasteiger partial charge on any atom is -0.370 e. The molecular formula is C17H24IN5S. The van der Waals surface area contributed by atoms with Gasteiger partial charge in [-0.25, -0.2) is 4.98 Å². The Bertz CT molecular complexity index is 662.